The lowest BCUT2D eigenvalue weighted by atomic mass is 10.1. The second-order valence-electron chi connectivity index (χ2n) is 6.18. The highest BCUT2D eigenvalue weighted by Crippen LogP contribution is 2.30. The number of carbonyl (C=O) groups excluding carboxylic acids is 1. The zero-order valence-electron chi connectivity index (χ0n) is 14.5. The van der Waals surface area contributed by atoms with Gasteiger partial charge in [-0.05, 0) is 38.0 Å². The van der Waals surface area contributed by atoms with Crippen molar-refractivity contribution in [3.05, 3.63) is 55.2 Å². The molecule has 1 fully saturated rings. The Hall–Kier alpha value is -2.12. The number of thiophene rings is 1. The smallest absolute Gasteiger partial charge is 0.270 e. The number of halogens is 1. The summed E-state index contributed by atoms with van der Waals surface area (Å²) in [6.45, 7) is 4.58. The lowest BCUT2D eigenvalue weighted by molar-refractivity contribution is -0.384. The van der Waals surface area contributed by atoms with Crippen LogP contribution in [0.4, 0.5) is 11.4 Å². The molecule has 138 valence electrons. The molecular formula is C18H20ClN3O3S. The van der Waals surface area contributed by atoms with Crippen LogP contribution in [-0.2, 0) is 6.54 Å². The van der Waals surface area contributed by atoms with Crippen LogP contribution >= 0.6 is 22.9 Å². The molecule has 1 saturated heterocycles. The molecule has 0 N–H and O–H groups in total. The van der Waals surface area contributed by atoms with E-state index in [1.165, 1.54) is 23.5 Å². The molecule has 3 rings (SSSR count). The number of benzene rings is 1. The molecule has 0 aliphatic carbocycles. The third kappa shape index (κ3) is 3.99. The molecule has 0 atom stereocenters. The Balaban J connectivity index is 1.94. The Morgan fingerprint density at radius 1 is 1.31 bits per heavy atom. The summed E-state index contributed by atoms with van der Waals surface area (Å²) in [5.74, 6) is -0.192. The first-order valence-corrected chi connectivity index (χ1v) is 9.76. The summed E-state index contributed by atoms with van der Waals surface area (Å²) in [6, 6.07) is 8.28. The van der Waals surface area contributed by atoms with Crippen LogP contribution in [-0.4, -0.2) is 35.4 Å². The van der Waals surface area contributed by atoms with Gasteiger partial charge in [0.1, 0.15) is 0 Å². The third-order valence-corrected chi connectivity index (χ3v) is 5.73. The number of non-ortho nitro benzene ring substituents is 1. The number of anilines is 1. The van der Waals surface area contributed by atoms with Gasteiger partial charge in [-0.1, -0.05) is 11.6 Å². The van der Waals surface area contributed by atoms with E-state index in [1.54, 1.807) is 11.0 Å². The monoisotopic (exact) mass is 393 g/mol. The van der Waals surface area contributed by atoms with Crippen molar-refractivity contribution in [3.63, 3.8) is 0 Å². The molecule has 0 radical (unpaired) electrons. The number of hydrogen-bond donors (Lipinski definition) is 0. The molecule has 2 aromatic rings. The predicted octanol–water partition coefficient (Wildman–Crippen LogP) is 4.57. The minimum absolute atomic E-state index is 0.0634. The van der Waals surface area contributed by atoms with Crippen molar-refractivity contribution in [2.45, 2.75) is 26.3 Å². The van der Waals surface area contributed by atoms with E-state index >= 15 is 0 Å². The van der Waals surface area contributed by atoms with Gasteiger partial charge in [-0.15, -0.1) is 11.3 Å². The Kier molecular flexibility index (Phi) is 5.78. The average Bonchev–Trinajstić information content (AvgIpc) is 3.30. The van der Waals surface area contributed by atoms with Crippen molar-refractivity contribution in [1.29, 1.82) is 0 Å². The van der Waals surface area contributed by atoms with Gasteiger partial charge in [0.05, 0.1) is 27.1 Å². The molecule has 6 nitrogen and oxygen atoms in total. The molecule has 1 aliphatic rings. The van der Waals surface area contributed by atoms with Crippen molar-refractivity contribution in [2.24, 2.45) is 0 Å². The summed E-state index contributed by atoms with van der Waals surface area (Å²) in [4.78, 5) is 28.7. The van der Waals surface area contributed by atoms with Crippen LogP contribution in [0, 0.1) is 10.1 Å². The van der Waals surface area contributed by atoms with E-state index in [-0.39, 0.29) is 11.6 Å². The maximum absolute atomic E-state index is 13.2. The van der Waals surface area contributed by atoms with Gasteiger partial charge in [0.2, 0.25) is 0 Å². The van der Waals surface area contributed by atoms with Crippen LogP contribution in [0.1, 0.15) is 35.0 Å². The largest absolute Gasteiger partial charge is 0.371 e. The van der Waals surface area contributed by atoms with Crippen LogP contribution in [0.5, 0.6) is 0 Å². The van der Waals surface area contributed by atoms with Gasteiger partial charge in [-0.25, -0.2) is 0 Å². The number of carbonyl (C=O) groups is 1. The van der Waals surface area contributed by atoms with E-state index in [1.807, 2.05) is 19.1 Å². The van der Waals surface area contributed by atoms with Gasteiger partial charge in [0, 0.05) is 36.6 Å². The van der Waals surface area contributed by atoms with Gasteiger partial charge in [0.15, 0.2) is 0 Å². The minimum Gasteiger partial charge on any atom is -0.371 e. The Labute approximate surface area is 161 Å². The molecule has 8 heteroatoms. The first kappa shape index (κ1) is 18.7. The number of hydrogen-bond acceptors (Lipinski definition) is 5. The topological polar surface area (TPSA) is 66.7 Å². The zero-order valence-corrected chi connectivity index (χ0v) is 16.1. The fourth-order valence-electron chi connectivity index (χ4n) is 3.17. The van der Waals surface area contributed by atoms with E-state index in [0.29, 0.717) is 23.0 Å². The normalized spacial score (nSPS) is 13.8. The van der Waals surface area contributed by atoms with Crippen LogP contribution in [0.2, 0.25) is 4.34 Å². The minimum atomic E-state index is -0.458. The molecule has 2 heterocycles. The summed E-state index contributed by atoms with van der Waals surface area (Å²) >= 11 is 7.42. The molecule has 1 aromatic heterocycles. The van der Waals surface area contributed by atoms with E-state index in [0.717, 1.165) is 36.5 Å². The highest BCUT2D eigenvalue weighted by atomic mass is 35.5. The van der Waals surface area contributed by atoms with Crippen molar-refractivity contribution in [3.8, 4) is 0 Å². The molecule has 26 heavy (non-hydrogen) atoms. The summed E-state index contributed by atoms with van der Waals surface area (Å²) in [5.41, 5.74) is 1.11. The lowest BCUT2D eigenvalue weighted by Crippen LogP contribution is -2.32. The van der Waals surface area contributed by atoms with E-state index in [4.69, 9.17) is 11.6 Å². The van der Waals surface area contributed by atoms with Gasteiger partial charge in [0.25, 0.3) is 11.6 Å². The summed E-state index contributed by atoms with van der Waals surface area (Å²) < 4.78 is 0.677. The zero-order chi connectivity index (χ0) is 18.7. The molecule has 0 bridgehead atoms. The average molecular weight is 394 g/mol. The van der Waals surface area contributed by atoms with Crippen molar-refractivity contribution in [1.82, 2.24) is 4.90 Å². The van der Waals surface area contributed by atoms with Crippen molar-refractivity contribution < 1.29 is 9.72 Å². The Morgan fingerprint density at radius 2 is 2.04 bits per heavy atom. The van der Waals surface area contributed by atoms with Gasteiger partial charge in [-0.2, -0.15) is 0 Å². The molecule has 1 aromatic carbocycles. The molecular weight excluding hydrogens is 374 g/mol. The van der Waals surface area contributed by atoms with Crippen LogP contribution in [0.3, 0.4) is 0 Å². The predicted molar refractivity (Wildman–Crippen MR) is 104 cm³/mol. The highest BCUT2D eigenvalue weighted by molar-refractivity contribution is 7.16. The highest BCUT2D eigenvalue weighted by Gasteiger charge is 2.25. The first-order chi connectivity index (χ1) is 12.5. The number of nitro benzene ring substituents is 1. The van der Waals surface area contributed by atoms with E-state index in [9.17, 15) is 14.9 Å². The van der Waals surface area contributed by atoms with Gasteiger partial charge < -0.3 is 9.80 Å². The van der Waals surface area contributed by atoms with Crippen LogP contribution < -0.4 is 4.90 Å². The quantitative estimate of drug-likeness (QED) is 0.532. The second kappa shape index (κ2) is 8.05. The molecule has 0 spiro atoms. The molecule has 0 unspecified atom stereocenters. The summed E-state index contributed by atoms with van der Waals surface area (Å²) in [5, 5.41) is 11.2. The third-order valence-electron chi connectivity index (χ3n) is 4.51. The van der Waals surface area contributed by atoms with E-state index in [2.05, 4.69) is 4.90 Å². The maximum Gasteiger partial charge on any atom is 0.270 e. The van der Waals surface area contributed by atoms with Crippen LogP contribution in [0.25, 0.3) is 0 Å². The summed E-state index contributed by atoms with van der Waals surface area (Å²) in [7, 11) is 0. The number of nitrogens with zero attached hydrogens (tertiary/aromatic N) is 3. The van der Waals surface area contributed by atoms with E-state index < -0.39 is 4.92 Å². The fraction of sp³-hybridized carbons (Fsp3) is 0.389. The fourth-order valence-corrected chi connectivity index (χ4v) is 4.27. The van der Waals surface area contributed by atoms with Crippen LogP contribution in [0.15, 0.2) is 30.3 Å². The summed E-state index contributed by atoms with van der Waals surface area (Å²) in [6.07, 6.45) is 2.13. The first-order valence-electron chi connectivity index (χ1n) is 8.56. The second-order valence-corrected chi connectivity index (χ2v) is 7.98. The van der Waals surface area contributed by atoms with Crippen molar-refractivity contribution in [2.75, 3.05) is 24.5 Å². The number of nitro groups is 1. The molecule has 1 aliphatic heterocycles. The van der Waals surface area contributed by atoms with Gasteiger partial charge in [-0.3, -0.25) is 14.9 Å². The lowest BCUT2D eigenvalue weighted by Gasteiger charge is -2.25. The molecule has 1 amide bonds. The van der Waals surface area contributed by atoms with Gasteiger partial charge >= 0.3 is 0 Å². The number of rotatable bonds is 6. The standard InChI is InChI=1S/C18H20ClN3O3S/c1-2-20(12-14-6-8-17(19)26-14)18(23)15-11-13(22(24)25)5-7-16(15)21-9-3-4-10-21/h5-8,11H,2-4,9-10,12H2,1H3. The molecule has 0 saturated carbocycles. The Morgan fingerprint density at radius 3 is 2.62 bits per heavy atom. The SMILES string of the molecule is CCN(Cc1ccc(Cl)s1)C(=O)c1cc([N+](=O)[O-])ccc1N1CCCC1. The Bertz CT molecular complexity index is 818. The van der Waals surface area contributed by atoms with Crippen molar-refractivity contribution >= 4 is 40.2 Å². The number of amides is 1. The maximum atomic E-state index is 13.2.